The molecule has 0 aromatic rings. The first-order chi connectivity index (χ1) is 7.80. The molecule has 1 unspecified atom stereocenters. The second-order valence-electron chi connectivity index (χ2n) is 6.56. The highest BCUT2D eigenvalue weighted by molar-refractivity contribution is 5.81. The number of carbonyl (C=O) groups is 1. The lowest BCUT2D eigenvalue weighted by Gasteiger charge is -2.35. The Kier molecular flexibility index (Phi) is 4.99. The summed E-state index contributed by atoms with van der Waals surface area (Å²) in [5.41, 5.74) is -0.271. The first-order valence-electron chi connectivity index (χ1n) is 6.83. The second kappa shape index (κ2) is 5.85. The molecule has 0 saturated carbocycles. The molecule has 100 valence electrons. The Morgan fingerprint density at radius 2 is 2.06 bits per heavy atom. The Bertz CT molecular complexity index is 255. The molecule has 1 aliphatic heterocycles. The maximum absolute atomic E-state index is 11.8. The number of amides is 1. The van der Waals surface area contributed by atoms with Gasteiger partial charge in [0.05, 0.1) is 0 Å². The van der Waals surface area contributed by atoms with Crippen LogP contribution >= 0.6 is 0 Å². The summed E-state index contributed by atoms with van der Waals surface area (Å²) in [5, 5.41) is 3.09. The molecule has 1 heterocycles. The van der Waals surface area contributed by atoms with E-state index in [0.29, 0.717) is 12.0 Å². The molecule has 0 aliphatic carbocycles. The van der Waals surface area contributed by atoms with Gasteiger partial charge < -0.3 is 10.2 Å². The predicted octanol–water partition coefficient (Wildman–Crippen LogP) is 2.27. The van der Waals surface area contributed by atoms with E-state index in [4.69, 9.17) is 0 Å². The smallest absolute Gasteiger partial charge is 0.225 e. The minimum absolute atomic E-state index is 0.166. The molecule has 0 bridgehead atoms. The fourth-order valence-corrected chi connectivity index (χ4v) is 2.24. The van der Waals surface area contributed by atoms with Crippen LogP contribution < -0.4 is 5.32 Å². The van der Waals surface area contributed by atoms with Crippen molar-refractivity contribution in [3.63, 3.8) is 0 Å². The van der Waals surface area contributed by atoms with Crippen LogP contribution in [0.1, 0.15) is 47.5 Å². The quantitative estimate of drug-likeness (QED) is 0.821. The fourth-order valence-electron chi connectivity index (χ4n) is 2.24. The van der Waals surface area contributed by atoms with Gasteiger partial charge in [0.15, 0.2) is 0 Å². The third kappa shape index (κ3) is 4.66. The summed E-state index contributed by atoms with van der Waals surface area (Å²) in [4.78, 5) is 14.3. The van der Waals surface area contributed by atoms with Crippen LogP contribution in [0.3, 0.4) is 0 Å². The minimum Gasteiger partial charge on any atom is -0.355 e. The zero-order chi connectivity index (χ0) is 13.1. The summed E-state index contributed by atoms with van der Waals surface area (Å²) in [7, 11) is 0. The largest absolute Gasteiger partial charge is 0.355 e. The average Bonchev–Trinajstić information content (AvgIpc) is 2.25. The highest BCUT2D eigenvalue weighted by atomic mass is 16.2. The number of hydrogen-bond acceptors (Lipinski definition) is 2. The van der Waals surface area contributed by atoms with E-state index in [1.54, 1.807) is 0 Å². The third-order valence-electron chi connectivity index (χ3n) is 3.51. The molecule has 3 heteroatoms. The van der Waals surface area contributed by atoms with Crippen molar-refractivity contribution in [2.45, 2.75) is 53.5 Å². The number of piperidine rings is 1. The molecule has 1 saturated heterocycles. The van der Waals surface area contributed by atoms with Gasteiger partial charge in [-0.15, -0.1) is 0 Å². The van der Waals surface area contributed by atoms with Crippen LogP contribution in [0, 0.1) is 11.3 Å². The molecule has 0 radical (unpaired) electrons. The van der Waals surface area contributed by atoms with Crippen molar-refractivity contribution in [3.8, 4) is 0 Å². The fraction of sp³-hybridized carbons (Fsp3) is 0.929. The number of nitrogens with one attached hydrogen (secondary N) is 1. The average molecular weight is 240 g/mol. The SMILES string of the molecule is CC(C)N1CCCC(CNC(=O)C(C)(C)C)C1. The van der Waals surface area contributed by atoms with E-state index in [9.17, 15) is 4.79 Å². The third-order valence-corrected chi connectivity index (χ3v) is 3.51. The summed E-state index contributed by atoms with van der Waals surface area (Å²) in [6.07, 6.45) is 2.50. The number of likely N-dealkylation sites (tertiary alicyclic amines) is 1. The lowest BCUT2D eigenvalue weighted by Crippen LogP contribution is -2.45. The van der Waals surface area contributed by atoms with Crippen LogP contribution in [0.4, 0.5) is 0 Å². The van der Waals surface area contributed by atoms with E-state index in [1.165, 1.54) is 19.4 Å². The Hall–Kier alpha value is -0.570. The van der Waals surface area contributed by atoms with E-state index < -0.39 is 0 Å². The Morgan fingerprint density at radius 3 is 2.59 bits per heavy atom. The summed E-state index contributed by atoms with van der Waals surface area (Å²) in [5.74, 6) is 0.789. The van der Waals surface area contributed by atoms with Gasteiger partial charge in [0.25, 0.3) is 0 Å². The molecule has 1 fully saturated rings. The Balaban J connectivity index is 2.35. The summed E-state index contributed by atoms with van der Waals surface area (Å²) < 4.78 is 0. The van der Waals surface area contributed by atoms with E-state index in [-0.39, 0.29) is 11.3 Å². The highest BCUT2D eigenvalue weighted by Gasteiger charge is 2.25. The van der Waals surface area contributed by atoms with Crippen LogP contribution in [-0.4, -0.2) is 36.5 Å². The Morgan fingerprint density at radius 1 is 1.41 bits per heavy atom. The maximum atomic E-state index is 11.8. The van der Waals surface area contributed by atoms with Gasteiger partial charge in [-0.3, -0.25) is 4.79 Å². The van der Waals surface area contributed by atoms with Crippen LogP contribution in [0.5, 0.6) is 0 Å². The summed E-state index contributed by atoms with van der Waals surface area (Å²) in [6, 6.07) is 0.621. The number of carbonyl (C=O) groups excluding carboxylic acids is 1. The van der Waals surface area contributed by atoms with Gasteiger partial charge in [0, 0.05) is 24.5 Å². The van der Waals surface area contributed by atoms with Crippen molar-refractivity contribution in [1.29, 1.82) is 0 Å². The van der Waals surface area contributed by atoms with Crippen molar-refractivity contribution in [2.75, 3.05) is 19.6 Å². The van der Waals surface area contributed by atoms with Crippen molar-refractivity contribution >= 4 is 5.91 Å². The van der Waals surface area contributed by atoms with Crippen molar-refractivity contribution < 1.29 is 4.79 Å². The molecule has 1 N–H and O–H groups in total. The van der Waals surface area contributed by atoms with Gasteiger partial charge in [-0.1, -0.05) is 20.8 Å². The lowest BCUT2D eigenvalue weighted by molar-refractivity contribution is -0.128. The van der Waals surface area contributed by atoms with Crippen LogP contribution in [0.15, 0.2) is 0 Å². The molecular weight excluding hydrogens is 212 g/mol. The van der Waals surface area contributed by atoms with Crippen LogP contribution in [-0.2, 0) is 4.79 Å². The summed E-state index contributed by atoms with van der Waals surface area (Å²) >= 11 is 0. The number of nitrogens with zero attached hydrogens (tertiary/aromatic N) is 1. The van der Waals surface area contributed by atoms with E-state index in [0.717, 1.165) is 13.1 Å². The molecular formula is C14H28N2O. The zero-order valence-electron chi connectivity index (χ0n) is 12.0. The topological polar surface area (TPSA) is 32.3 Å². The molecule has 1 atom stereocenters. The highest BCUT2D eigenvalue weighted by Crippen LogP contribution is 2.18. The normalized spacial score (nSPS) is 22.8. The van der Waals surface area contributed by atoms with E-state index in [1.807, 2.05) is 20.8 Å². The summed E-state index contributed by atoms with van der Waals surface area (Å²) in [6.45, 7) is 13.5. The lowest BCUT2D eigenvalue weighted by atomic mass is 9.93. The molecule has 3 nitrogen and oxygen atoms in total. The molecule has 0 aromatic carbocycles. The molecule has 1 rings (SSSR count). The van der Waals surface area contributed by atoms with Crippen molar-refractivity contribution in [3.05, 3.63) is 0 Å². The van der Waals surface area contributed by atoms with Gasteiger partial charge in [-0.2, -0.15) is 0 Å². The standard InChI is InChI=1S/C14H28N2O/c1-11(2)16-8-6-7-12(10-16)9-15-13(17)14(3,4)5/h11-12H,6-10H2,1-5H3,(H,15,17). The molecule has 17 heavy (non-hydrogen) atoms. The van der Waals surface area contributed by atoms with Crippen LogP contribution in [0.2, 0.25) is 0 Å². The molecule has 1 aliphatic rings. The number of hydrogen-bond donors (Lipinski definition) is 1. The minimum atomic E-state index is -0.271. The van der Waals surface area contributed by atoms with E-state index >= 15 is 0 Å². The van der Waals surface area contributed by atoms with E-state index in [2.05, 4.69) is 24.1 Å². The maximum Gasteiger partial charge on any atom is 0.225 e. The van der Waals surface area contributed by atoms with Gasteiger partial charge in [-0.05, 0) is 39.2 Å². The molecule has 1 amide bonds. The van der Waals surface area contributed by atoms with Gasteiger partial charge in [0.2, 0.25) is 5.91 Å². The molecule has 0 spiro atoms. The second-order valence-corrected chi connectivity index (χ2v) is 6.56. The predicted molar refractivity (Wildman–Crippen MR) is 71.9 cm³/mol. The first-order valence-corrected chi connectivity index (χ1v) is 6.83. The van der Waals surface area contributed by atoms with Crippen LogP contribution in [0.25, 0.3) is 0 Å². The molecule has 0 aromatic heterocycles. The van der Waals surface area contributed by atoms with Crippen molar-refractivity contribution in [2.24, 2.45) is 11.3 Å². The Labute approximate surface area is 106 Å². The monoisotopic (exact) mass is 240 g/mol. The first kappa shape index (κ1) is 14.5. The van der Waals surface area contributed by atoms with Gasteiger partial charge in [-0.25, -0.2) is 0 Å². The van der Waals surface area contributed by atoms with Gasteiger partial charge in [0.1, 0.15) is 0 Å². The van der Waals surface area contributed by atoms with Crippen molar-refractivity contribution in [1.82, 2.24) is 10.2 Å². The van der Waals surface area contributed by atoms with Gasteiger partial charge >= 0.3 is 0 Å². The number of rotatable bonds is 3. The zero-order valence-corrected chi connectivity index (χ0v) is 12.0.